The van der Waals surface area contributed by atoms with E-state index < -0.39 is 60.1 Å². The number of carbonyl (C=O) groups excluding carboxylic acids is 4. The summed E-state index contributed by atoms with van der Waals surface area (Å²) in [5.41, 5.74) is 6.78. The minimum atomic E-state index is -1.21. The Bertz CT molecular complexity index is 2430. The van der Waals surface area contributed by atoms with Gasteiger partial charge in [0.05, 0.1) is 11.3 Å². The smallest absolute Gasteiger partial charge is 0.408 e. The van der Waals surface area contributed by atoms with E-state index in [0.29, 0.717) is 22.2 Å². The number of esters is 2. The van der Waals surface area contributed by atoms with Gasteiger partial charge in [0.1, 0.15) is 77.1 Å². The summed E-state index contributed by atoms with van der Waals surface area (Å²) in [6.07, 6.45) is -0.917. The highest BCUT2D eigenvalue weighted by Crippen LogP contribution is 2.37. The average Bonchev–Trinajstić information content (AvgIpc) is 3.70. The van der Waals surface area contributed by atoms with Crippen molar-refractivity contribution < 1.29 is 47.3 Å². The Kier molecular flexibility index (Phi) is 18.9. The summed E-state index contributed by atoms with van der Waals surface area (Å²) in [6.45, 7) is 16.8. The Morgan fingerprint density at radius 3 is 1.84 bits per heavy atom. The van der Waals surface area contributed by atoms with Crippen LogP contribution >= 0.6 is 23.4 Å². The standard InChI is InChI=1S/C48H58ClN7O10S/c1-27(2)19-37(54-45(59)65-47(5,6)7)43(57)63-25-34(64-44(58)38(20-28(3)4)55-46(60)66-48(8,9)10)24-61-33-17-13-29(14-18-33)39-35(21-50)40(52)56-42(36(39)22-51)67-26-32-23-62-41(53-32)30-11-15-31(49)16-12-30/h11-18,23,27-28,34,37-38H,19-20,24-26H2,1-10H3,(H2,52,56)(H,54,59)(H,55,60)/t34-,37-,38-/m0/s1. The van der Waals surface area contributed by atoms with E-state index >= 15 is 0 Å². The van der Waals surface area contributed by atoms with Gasteiger partial charge in [0, 0.05) is 21.9 Å². The van der Waals surface area contributed by atoms with Gasteiger partial charge in [-0.25, -0.2) is 29.1 Å². The molecule has 0 spiro atoms. The summed E-state index contributed by atoms with van der Waals surface area (Å²) in [4.78, 5) is 61.6. The lowest BCUT2D eigenvalue weighted by Crippen LogP contribution is -2.47. The van der Waals surface area contributed by atoms with Crippen molar-refractivity contribution in [3.63, 3.8) is 0 Å². The molecule has 0 radical (unpaired) electrons. The number of carbonyl (C=O) groups is 4. The number of rotatable bonds is 19. The molecule has 0 bridgehead atoms. The fourth-order valence-corrected chi connectivity index (χ4v) is 7.25. The Labute approximate surface area is 400 Å². The maximum atomic E-state index is 13.7. The molecular formula is C48H58ClN7O10S. The molecule has 0 fully saturated rings. The SMILES string of the molecule is CC(C)C[C@H](NC(=O)OC(C)(C)C)C(=O)OC[C@H](COc1ccc(-c2c(C#N)c(N)nc(SCc3coc(-c4ccc(Cl)cc4)n3)c2C#N)cc1)OC(=O)[C@H](CC(C)C)NC(=O)OC(C)(C)C. The van der Waals surface area contributed by atoms with Crippen molar-refractivity contribution in [1.82, 2.24) is 20.6 Å². The first-order valence-electron chi connectivity index (χ1n) is 21.5. The molecule has 0 aliphatic rings. The van der Waals surface area contributed by atoms with Gasteiger partial charge in [0.2, 0.25) is 5.89 Å². The summed E-state index contributed by atoms with van der Waals surface area (Å²) in [5, 5.41) is 26.5. The molecule has 17 nitrogen and oxygen atoms in total. The van der Waals surface area contributed by atoms with Crippen LogP contribution in [0.5, 0.6) is 5.75 Å². The lowest BCUT2D eigenvalue weighted by molar-refractivity contribution is -0.163. The van der Waals surface area contributed by atoms with E-state index in [0.717, 1.165) is 5.56 Å². The quantitative estimate of drug-likeness (QED) is 0.0449. The number of ether oxygens (including phenoxy) is 5. The molecule has 358 valence electrons. The fraction of sp³-hybridized carbons (Fsp3) is 0.458. The normalized spacial score (nSPS) is 12.8. The van der Waals surface area contributed by atoms with Gasteiger partial charge in [0.25, 0.3) is 0 Å². The molecule has 4 aromatic rings. The molecule has 3 atom stereocenters. The molecular weight excluding hydrogens is 902 g/mol. The number of hydrogen-bond donors (Lipinski definition) is 3. The maximum absolute atomic E-state index is 13.7. The maximum Gasteiger partial charge on any atom is 0.408 e. The van der Waals surface area contributed by atoms with Gasteiger partial charge in [-0.1, -0.05) is 63.2 Å². The van der Waals surface area contributed by atoms with E-state index in [4.69, 9.17) is 45.4 Å². The summed E-state index contributed by atoms with van der Waals surface area (Å²) < 4.78 is 34.0. The van der Waals surface area contributed by atoms with Crippen LogP contribution in [-0.2, 0) is 34.3 Å². The summed E-state index contributed by atoms with van der Waals surface area (Å²) in [5.74, 6) is -0.836. The highest BCUT2D eigenvalue weighted by molar-refractivity contribution is 7.98. The van der Waals surface area contributed by atoms with Gasteiger partial charge in [-0.2, -0.15) is 10.5 Å². The van der Waals surface area contributed by atoms with Crippen LogP contribution in [0.3, 0.4) is 0 Å². The summed E-state index contributed by atoms with van der Waals surface area (Å²) >= 11 is 7.22. The third kappa shape index (κ3) is 17.0. The number of aromatic nitrogens is 2. The van der Waals surface area contributed by atoms with Crippen molar-refractivity contribution in [2.75, 3.05) is 18.9 Å². The second kappa shape index (κ2) is 23.8. The number of nitriles is 2. The van der Waals surface area contributed by atoms with Gasteiger partial charge < -0.3 is 44.5 Å². The zero-order valence-electron chi connectivity index (χ0n) is 39.4. The molecule has 19 heteroatoms. The molecule has 0 aliphatic carbocycles. The van der Waals surface area contributed by atoms with E-state index in [9.17, 15) is 29.7 Å². The molecule has 2 aromatic carbocycles. The second-order valence-electron chi connectivity index (χ2n) is 18.3. The largest absolute Gasteiger partial charge is 0.490 e. The first kappa shape index (κ1) is 53.1. The number of oxazole rings is 1. The third-order valence-electron chi connectivity index (χ3n) is 9.05. The zero-order valence-corrected chi connectivity index (χ0v) is 40.9. The van der Waals surface area contributed by atoms with Gasteiger partial charge in [-0.3, -0.25) is 0 Å². The lowest BCUT2D eigenvalue weighted by Gasteiger charge is -2.26. The van der Waals surface area contributed by atoms with E-state index in [-0.39, 0.29) is 70.3 Å². The van der Waals surface area contributed by atoms with Crippen molar-refractivity contribution in [3.8, 4) is 40.5 Å². The number of halogens is 1. The molecule has 4 N–H and O–H groups in total. The molecule has 0 unspecified atom stereocenters. The number of nitrogen functional groups attached to an aromatic ring is 1. The molecule has 2 amide bonds. The topological polar surface area (TPSA) is 251 Å². The van der Waals surface area contributed by atoms with E-state index in [1.165, 1.54) is 18.0 Å². The molecule has 0 saturated heterocycles. The Morgan fingerprint density at radius 1 is 0.776 bits per heavy atom. The highest BCUT2D eigenvalue weighted by atomic mass is 35.5. The second-order valence-corrected chi connectivity index (χ2v) is 19.7. The van der Waals surface area contributed by atoms with Crippen LogP contribution in [0.25, 0.3) is 22.6 Å². The van der Waals surface area contributed by atoms with E-state index in [1.54, 1.807) is 90.1 Å². The molecule has 0 saturated carbocycles. The summed E-state index contributed by atoms with van der Waals surface area (Å²) in [7, 11) is 0. The minimum absolute atomic E-state index is 0.00249. The van der Waals surface area contributed by atoms with Gasteiger partial charge in [0.15, 0.2) is 6.10 Å². The minimum Gasteiger partial charge on any atom is -0.490 e. The highest BCUT2D eigenvalue weighted by Gasteiger charge is 2.32. The predicted molar refractivity (Wildman–Crippen MR) is 252 cm³/mol. The number of nitrogens with zero attached hydrogens (tertiary/aromatic N) is 4. The summed E-state index contributed by atoms with van der Waals surface area (Å²) in [6, 6.07) is 15.5. The average molecular weight is 961 g/mol. The number of thioether (sulfide) groups is 1. The Balaban J connectivity index is 1.57. The number of hydrogen-bond acceptors (Lipinski definition) is 16. The molecule has 2 heterocycles. The number of benzene rings is 2. The van der Waals surface area contributed by atoms with Crippen LogP contribution in [0.15, 0.2) is 64.2 Å². The molecule has 67 heavy (non-hydrogen) atoms. The first-order chi connectivity index (χ1) is 31.4. The first-order valence-corrected chi connectivity index (χ1v) is 22.9. The molecule has 4 rings (SSSR count). The predicted octanol–water partition coefficient (Wildman–Crippen LogP) is 9.39. The van der Waals surface area contributed by atoms with Crippen LogP contribution in [0.4, 0.5) is 15.4 Å². The zero-order chi connectivity index (χ0) is 49.6. The van der Waals surface area contributed by atoms with E-state index in [1.807, 2.05) is 27.7 Å². The number of anilines is 1. The Morgan fingerprint density at radius 2 is 1.31 bits per heavy atom. The third-order valence-corrected chi connectivity index (χ3v) is 10.3. The van der Waals surface area contributed by atoms with Crippen molar-refractivity contribution >= 4 is 53.3 Å². The van der Waals surface area contributed by atoms with Crippen molar-refractivity contribution in [1.29, 1.82) is 10.5 Å². The van der Waals surface area contributed by atoms with Crippen molar-refractivity contribution in [3.05, 3.63) is 76.6 Å². The molecule has 0 aliphatic heterocycles. The van der Waals surface area contributed by atoms with Gasteiger partial charge in [-0.05, 0) is 108 Å². The van der Waals surface area contributed by atoms with Crippen LogP contribution in [-0.4, -0.2) is 76.7 Å². The number of nitrogens with one attached hydrogen (secondary N) is 2. The van der Waals surface area contributed by atoms with Crippen LogP contribution in [0, 0.1) is 34.5 Å². The fourth-order valence-electron chi connectivity index (χ4n) is 6.25. The number of amides is 2. The van der Waals surface area contributed by atoms with Gasteiger partial charge in [-0.15, -0.1) is 0 Å². The van der Waals surface area contributed by atoms with Crippen LogP contribution < -0.4 is 21.1 Å². The monoisotopic (exact) mass is 959 g/mol. The van der Waals surface area contributed by atoms with Crippen molar-refractivity contribution in [2.24, 2.45) is 11.8 Å². The van der Waals surface area contributed by atoms with Crippen molar-refractivity contribution in [2.45, 2.75) is 122 Å². The Hall–Kier alpha value is -6.50. The lowest BCUT2D eigenvalue weighted by atomic mass is 9.97. The number of pyridine rings is 1. The van der Waals surface area contributed by atoms with E-state index in [2.05, 4.69) is 32.7 Å². The number of nitrogens with two attached hydrogens (primary N) is 1. The number of alkyl carbamates (subject to hydrolysis) is 2. The van der Waals surface area contributed by atoms with Gasteiger partial charge >= 0.3 is 24.1 Å². The van der Waals surface area contributed by atoms with Crippen LogP contribution in [0.2, 0.25) is 5.02 Å². The van der Waals surface area contributed by atoms with Crippen LogP contribution in [0.1, 0.15) is 98.9 Å². The molecule has 2 aromatic heterocycles.